The summed E-state index contributed by atoms with van der Waals surface area (Å²) in [6.45, 7) is 0.764. The molecule has 0 aromatic heterocycles. The second-order valence-corrected chi connectivity index (χ2v) is 21.0. The fourth-order valence-electron chi connectivity index (χ4n) is 9.28. The number of carboxylic acids is 4. The Labute approximate surface area is 482 Å². The predicted octanol–water partition coefficient (Wildman–Crippen LogP) is 1.12. The van der Waals surface area contributed by atoms with Gasteiger partial charge in [-0.25, -0.2) is 0 Å². The fourth-order valence-corrected chi connectivity index (χ4v) is 9.28. The van der Waals surface area contributed by atoms with Crippen LogP contribution >= 0.6 is 0 Å². The van der Waals surface area contributed by atoms with Crippen LogP contribution in [0.4, 0.5) is 0 Å². The van der Waals surface area contributed by atoms with Gasteiger partial charge in [0.05, 0.1) is 39.0 Å². The van der Waals surface area contributed by atoms with Crippen LogP contribution in [-0.4, -0.2) is 205 Å². The lowest BCUT2D eigenvalue weighted by Gasteiger charge is -2.27. The number of rotatable bonds is 53. The maximum absolute atomic E-state index is 14.0. The molecule has 14 N–H and O–H groups in total. The van der Waals surface area contributed by atoms with E-state index in [2.05, 4.69) is 31.9 Å². The highest BCUT2D eigenvalue weighted by Crippen LogP contribution is 2.17. The van der Waals surface area contributed by atoms with E-state index in [0.717, 1.165) is 57.8 Å². The number of nitrogens with one attached hydrogen (secondary N) is 6. The highest BCUT2D eigenvalue weighted by molar-refractivity contribution is 5.96. The molecule has 82 heavy (non-hydrogen) atoms. The first kappa shape index (κ1) is 74.0. The summed E-state index contributed by atoms with van der Waals surface area (Å²) in [5, 5.41) is 52.7. The molecule has 27 nitrogen and oxygen atoms in total. The highest BCUT2D eigenvalue weighted by atomic mass is 16.5. The normalized spacial score (nSPS) is 14.7. The first-order chi connectivity index (χ1) is 39.2. The van der Waals surface area contributed by atoms with Gasteiger partial charge in [-0.3, -0.25) is 62.5 Å². The zero-order chi connectivity index (χ0) is 60.9. The Kier molecular flexibility index (Phi) is 41.9. The maximum Gasteiger partial charge on any atom is 0.317 e. The molecule has 0 saturated carbocycles. The number of ether oxygens (including phenoxy) is 2. The third-order valence-electron chi connectivity index (χ3n) is 13.9. The summed E-state index contributed by atoms with van der Waals surface area (Å²) in [4.78, 5) is 140. The monoisotopic (exact) mass is 1170 g/mol. The summed E-state index contributed by atoms with van der Waals surface area (Å²) in [6, 6.07) is -5.76. The Morgan fingerprint density at radius 3 is 1.51 bits per heavy atom. The maximum atomic E-state index is 14.0. The van der Waals surface area contributed by atoms with Crippen LogP contribution in [0.5, 0.6) is 0 Å². The minimum absolute atomic E-state index is 0.0116. The predicted molar refractivity (Wildman–Crippen MR) is 302 cm³/mol. The average Bonchev–Trinajstić information content (AvgIpc) is 3.91. The van der Waals surface area contributed by atoms with E-state index in [-0.39, 0.29) is 89.9 Å². The Balaban J connectivity index is 2.67. The second kappa shape index (κ2) is 46.5. The lowest BCUT2D eigenvalue weighted by Crippen LogP contribution is -2.58. The van der Waals surface area contributed by atoms with Gasteiger partial charge in [-0.1, -0.05) is 64.2 Å². The van der Waals surface area contributed by atoms with Crippen molar-refractivity contribution in [2.45, 2.75) is 204 Å². The van der Waals surface area contributed by atoms with Crippen LogP contribution in [-0.2, 0) is 62.2 Å². The van der Waals surface area contributed by atoms with Gasteiger partial charge in [-0.15, -0.1) is 0 Å². The van der Waals surface area contributed by atoms with E-state index in [0.29, 0.717) is 58.2 Å². The molecule has 0 aromatic carbocycles. The second-order valence-electron chi connectivity index (χ2n) is 21.0. The molecular weight excluding hydrogens is 1070 g/mol. The molecular formula is C55H98N10O17. The van der Waals surface area contributed by atoms with Gasteiger partial charge in [0.15, 0.2) is 0 Å². The van der Waals surface area contributed by atoms with Crippen LogP contribution in [0.25, 0.3) is 0 Å². The van der Waals surface area contributed by atoms with Gasteiger partial charge in [-0.05, 0) is 117 Å². The number of aliphatic carboxylic acids is 4. The van der Waals surface area contributed by atoms with Gasteiger partial charge in [0, 0.05) is 32.4 Å². The molecule has 0 unspecified atom stereocenters. The Morgan fingerprint density at radius 2 is 0.988 bits per heavy atom. The van der Waals surface area contributed by atoms with Gasteiger partial charge in [0.25, 0.3) is 0 Å². The molecule has 1 saturated heterocycles. The van der Waals surface area contributed by atoms with E-state index < -0.39 is 110 Å². The van der Waals surface area contributed by atoms with E-state index in [1.807, 2.05) is 4.90 Å². The molecule has 1 heterocycles. The minimum atomic E-state index is -1.51. The molecule has 0 bridgehead atoms. The number of amides is 7. The van der Waals surface area contributed by atoms with E-state index in [1.165, 1.54) is 30.6 Å². The number of hydrogen-bond acceptors (Lipinski definition) is 16. The SMILES string of the molecule is CN1CCC[C@H]1C(=O)N[C@@H](CCCCN)C(=O)N[C@@H](CCC(=O)O)C(=O)N[C@@H](CCCCN(CC(=O)O)CC(=O)O)C(=O)N[C@@H](CCCCNC(=O)COCCOCCNC(=O)CCCCCCCCCCCCCCC(=O)O)C(N)=O. The van der Waals surface area contributed by atoms with Gasteiger partial charge in [0.1, 0.15) is 30.8 Å². The van der Waals surface area contributed by atoms with Crippen LogP contribution in [0, 0.1) is 0 Å². The van der Waals surface area contributed by atoms with Crippen molar-refractivity contribution in [3.05, 3.63) is 0 Å². The molecule has 27 heteroatoms. The van der Waals surface area contributed by atoms with Crippen LogP contribution < -0.4 is 43.4 Å². The molecule has 0 radical (unpaired) electrons. The molecule has 0 aliphatic carbocycles. The minimum Gasteiger partial charge on any atom is -0.481 e. The summed E-state index contributed by atoms with van der Waals surface area (Å²) in [6.07, 6.45) is 15.9. The molecule has 5 atom stereocenters. The standard InChI is InChI=1S/C55H98N10O17/c1-64-32-20-24-44(64)55(80)63-42(22-14-17-29-56)53(78)62-43(27-28-48(70)71)54(79)61-41(23-16-19-33-65(37-49(72)73)38-50(74)75)52(77)60-40(51(57)76)21-15-18-30-58-46(67)39-82-36-35-81-34-31-59-45(66)25-12-10-8-6-4-2-3-5-7-9-11-13-26-47(68)69/h40-44H,2-39,56H2,1H3,(H2,57,76)(H,58,67)(H,59,66)(H,60,77)(H,61,79)(H,62,78)(H,63,80)(H,68,69)(H,70,71)(H,72,73)(H,74,75)/t40-,41-,42-,43-,44-/m0/s1. The summed E-state index contributed by atoms with van der Waals surface area (Å²) >= 11 is 0. The zero-order valence-corrected chi connectivity index (χ0v) is 48.4. The molecule has 7 amide bonds. The van der Waals surface area contributed by atoms with Crippen LogP contribution in [0.15, 0.2) is 0 Å². The Hall–Kier alpha value is -6.03. The summed E-state index contributed by atoms with van der Waals surface area (Å²) in [5.41, 5.74) is 11.4. The first-order valence-electron chi connectivity index (χ1n) is 29.4. The third kappa shape index (κ3) is 38.6. The van der Waals surface area contributed by atoms with Crippen molar-refractivity contribution in [1.82, 2.24) is 41.7 Å². The molecule has 0 spiro atoms. The number of carbonyl (C=O) groups excluding carboxylic acids is 7. The lowest BCUT2D eigenvalue weighted by molar-refractivity contribution is -0.142. The van der Waals surface area contributed by atoms with E-state index >= 15 is 0 Å². The van der Waals surface area contributed by atoms with Crippen LogP contribution in [0.3, 0.4) is 0 Å². The van der Waals surface area contributed by atoms with E-state index in [4.69, 9.17) is 26.0 Å². The van der Waals surface area contributed by atoms with Crippen LogP contribution in [0.1, 0.15) is 173 Å². The van der Waals surface area contributed by atoms with Gasteiger partial charge < -0.3 is 73.3 Å². The lowest BCUT2D eigenvalue weighted by atomic mass is 10.0. The van der Waals surface area contributed by atoms with Crippen molar-refractivity contribution in [2.75, 3.05) is 79.3 Å². The molecule has 0 aromatic rings. The highest BCUT2D eigenvalue weighted by Gasteiger charge is 2.34. The van der Waals surface area contributed by atoms with Crippen molar-refractivity contribution >= 4 is 65.2 Å². The number of nitrogens with two attached hydrogens (primary N) is 2. The number of likely N-dealkylation sites (tertiary alicyclic amines) is 1. The molecule has 1 aliphatic rings. The van der Waals surface area contributed by atoms with Crippen LogP contribution in [0.2, 0.25) is 0 Å². The van der Waals surface area contributed by atoms with Crippen molar-refractivity contribution in [3.63, 3.8) is 0 Å². The van der Waals surface area contributed by atoms with E-state index in [1.54, 1.807) is 7.05 Å². The molecule has 1 fully saturated rings. The number of unbranched alkanes of at least 4 members (excludes halogenated alkanes) is 14. The van der Waals surface area contributed by atoms with E-state index in [9.17, 15) is 68.1 Å². The summed E-state index contributed by atoms with van der Waals surface area (Å²) in [7, 11) is 1.79. The van der Waals surface area contributed by atoms with Gasteiger partial charge in [-0.2, -0.15) is 0 Å². The topological polar surface area (TPSA) is 418 Å². The number of carboxylic acid groups (broad SMARTS) is 4. The molecule has 1 aliphatic heterocycles. The zero-order valence-electron chi connectivity index (χ0n) is 48.4. The molecule has 1 rings (SSSR count). The third-order valence-corrected chi connectivity index (χ3v) is 13.9. The number of hydrogen-bond donors (Lipinski definition) is 12. The van der Waals surface area contributed by atoms with Crippen molar-refractivity contribution in [2.24, 2.45) is 11.5 Å². The van der Waals surface area contributed by atoms with Crippen molar-refractivity contribution in [3.8, 4) is 0 Å². The quantitative estimate of drug-likeness (QED) is 0.0380. The first-order valence-corrected chi connectivity index (χ1v) is 29.4. The average molecular weight is 1170 g/mol. The Bertz CT molecular complexity index is 1920. The van der Waals surface area contributed by atoms with Crippen molar-refractivity contribution in [1.29, 1.82) is 0 Å². The number of likely N-dealkylation sites (N-methyl/N-ethyl adjacent to an activating group) is 1. The number of primary amides is 1. The summed E-state index contributed by atoms with van der Waals surface area (Å²) in [5.74, 6) is -8.84. The fraction of sp³-hybridized carbons (Fsp3) is 0.800. The Morgan fingerprint density at radius 1 is 0.512 bits per heavy atom. The van der Waals surface area contributed by atoms with Gasteiger partial charge >= 0.3 is 23.9 Å². The van der Waals surface area contributed by atoms with Gasteiger partial charge in [0.2, 0.25) is 41.4 Å². The smallest absolute Gasteiger partial charge is 0.317 e. The number of carbonyl (C=O) groups is 11. The van der Waals surface area contributed by atoms with Crippen molar-refractivity contribution < 1.29 is 82.6 Å². The number of nitrogens with zero attached hydrogens (tertiary/aromatic N) is 2. The molecule has 470 valence electrons. The largest absolute Gasteiger partial charge is 0.481 e. The summed E-state index contributed by atoms with van der Waals surface area (Å²) < 4.78 is 10.9.